The molecule has 0 aliphatic heterocycles. The van der Waals surface area contributed by atoms with Crippen molar-refractivity contribution in [1.29, 1.82) is 5.26 Å². The van der Waals surface area contributed by atoms with Gasteiger partial charge in [-0.3, -0.25) is 4.98 Å². The normalized spacial score (nSPS) is 10.5. The first kappa shape index (κ1) is 16.4. The van der Waals surface area contributed by atoms with Crippen LogP contribution in [0.2, 0.25) is 5.02 Å². The molecule has 0 spiro atoms. The summed E-state index contributed by atoms with van der Waals surface area (Å²) >= 11 is 6.22. The highest BCUT2D eigenvalue weighted by atomic mass is 35.5. The Hall–Kier alpha value is -2.95. The summed E-state index contributed by atoms with van der Waals surface area (Å²) in [5, 5.41) is 9.69. The van der Waals surface area contributed by atoms with Gasteiger partial charge in [-0.15, -0.1) is 6.42 Å². The maximum absolute atomic E-state index is 9.34. The number of methoxy groups -OCH3 is 1. The summed E-state index contributed by atoms with van der Waals surface area (Å²) in [6.45, 7) is 0.0860. The van der Waals surface area contributed by atoms with Crippen molar-refractivity contribution < 1.29 is 9.47 Å². The van der Waals surface area contributed by atoms with Gasteiger partial charge in [-0.05, 0) is 35.9 Å². The number of pyridine rings is 1. The molecule has 23 heavy (non-hydrogen) atoms. The average molecular weight is 325 g/mol. The fraction of sp³-hybridized carbons (Fsp3) is 0.111. The van der Waals surface area contributed by atoms with Crippen LogP contribution in [0.3, 0.4) is 0 Å². The van der Waals surface area contributed by atoms with Gasteiger partial charge in [0.2, 0.25) is 0 Å². The second-order valence-electron chi connectivity index (χ2n) is 4.41. The molecule has 0 aliphatic rings. The Balaban J connectivity index is 2.44. The van der Waals surface area contributed by atoms with Crippen LogP contribution < -0.4 is 9.47 Å². The molecule has 5 heteroatoms. The number of rotatable bonds is 5. The van der Waals surface area contributed by atoms with Crippen LogP contribution in [-0.2, 0) is 0 Å². The highest BCUT2D eigenvalue weighted by Crippen LogP contribution is 2.37. The summed E-state index contributed by atoms with van der Waals surface area (Å²) in [5.41, 5.74) is 1.70. The third kappa shape index (κ3) is 4.03. The molecule has 0 radical (unpaired) electrons. The minimum Gasteiger partial charge on any atom is -0.493 e. The first-order valence-corrected chi connectivity index (χ1v) is 7.04. The molecule has 0 aliphatic carbocycles. The lowest BCUT2D eigenvalue weighted by Crippen LogP contribution is -1.98. The second-order valence-corrected chi connectivity index (χ2v) is 4.82. The van der Waals surface area contributed by atoms with E-state index in [2.05, 4.69) is 17.0 Å². The van der Waals surface area contributed by atoms with Gasteiger partial charge in [-0.2, -0.15) is 5.26 Å². The molecule has 0 bridgehead atoms. The van der Waals surface area contributed by atoms with E-state index in [-0.39, 0.29) is 6.61 Å². The molecule has 1 heterocycles. The van der Waals surface area contributed by atoms with Crippen LogP contribution in [0.15, 0.2) is 36.5 Å². The maximum Gasteiger partial charge on any atom is 0.181 e. The van der Waals surface area contributed by atoms with E-state index < -0.39 is 0 Å². The molecule has 4 nitrogen and oxygen atoms in total. The average Bonchev–Trinajstić information content (AvgIpc) is 2.59. The Labute approximate surface area is 139 Å². The fourth-order valence-corrected chi connectivity index (χ4v) is 2.20. The van der Waals surface area contributed by atoms with Gasteiger partial charge >= 0.3 is 0 Å². The number of nitriles is 1. The quantitative estimate of drug-likeness (QED) is 0.619. The van der Waals surface area contributed by atoms with Crippen molar-refractivity contribution in [3.63, 3.8) is 0 Å². The van der Waals surface area contributed by atoms with Crippen LogP contribution in [0.25, 0.3) is 11.6 Å². The Kier molecular flexibility index (Phi) is 5.63. The molecule has 0 saturated carbocycles. The van der Waals surface area contributed by atoms with Crippen molar-refractivity contribution in [2.75, 3.05) is 13.7 Å². The minimum absolute atomic E-state index is 0.0860. The van der Waals surface area contributed by atoms with Crippen molar-refractivity contribution >= 4 is 23.3 Å². The zero-order valence-corrected chi connectivity index (χ0v) is 13.2. The summed E-state index contributed by atoms with van der Waals surface area (Å²) < 4.78 is 10.7. The van der Waals surface area contributed by atoms with Crippen LogP contribution in [-0.4, -0.2) is 18.7 Å². The molecular formula is C18H13ClN2O2. The summed E-state index contributed by atoms with van der Waals surface area (Å²) in [6, 6.07) is 10.9. The van der Waals surface area contributed by atoms with Gasteiger partial charge in [-0.1, -0.05) is 23.6 Å². The van der Waals surface area contributed by atoms with Gasteiger partial charge in [0.1, 0.15) is 12.7 Å². The second kappa shape index (κ2) is 7.89. The van der Waals surface area contributed by atoms with Crippen molar-refractivity contribution in [3.8, 4) is 29.9 Å². The SMILES string of the molecule is C#CCOc1c(Cl)cc(/C=C(\C#N)c2ccccn2)cc1OC. The summed E-state index contributed by atoms with van der Waals surface area (Å²) in [7, 11) is 1.51. The summed E-state index contributed by atoms with van der Waals surface area (Å²) in [5.74, 6) is 3.19. The lowest BCUT2D eigenvalue weighted by atomic mass is 10.1. The van der Waals surface area contributed by atoms with E-state index in [1.165, 1.54) is 7.11 Å². The number of allylic oxidation sites excluding steroid dienone is 1. The first-order chi connectivity index (χ1) is 11.2. The van der Waals surface area contributed by atoms with E-state index in [9.17, 15) is 5.26 Å². The number of terminal acetylenes is 1. The third-order valence-electron chi connectivity index (χ3n) is 2.92. The lowest BCUT2D eigenvalue weighted by molar-refractivity contribution is 0.331. The third-order valence-corrected chi connectivity index (χ3v) is 3.20. The molecule has 0 unspecified atom stereocenters. The topological polar surface area (TPSA) is 55.1 Å². The number of benzene rings is 1. The molecule has 114 valence electrons. The number of ether oxygens (including phenoxy) is 2. The predicted molar refractivity (Wildman–Crippen MR) is 90.1 cm³/mol. The van der Waals surface area contributed by atoms with E-state index in [0.29, 0.717) is 33.4 Å². The van der Waals surface area contributed by atoms with E-state index in [4.69, 9.17) is 27.5 Å². The van der Waals surface area contributed by atoms with E-state index in [1.807, 2.05) is 6.07 Å². The first-order valence-electron chi connectivity index (χ1n) is 6.66. The van der Waals surface area contributed by atoms with Gasteiger partial charge in [0.25, 0.3) is 0 Å². The molecule has 0 fully saturated rings. The van der Waals surface area contributed by atoms with Crippen LogP contribution in [0.5, 0.6) is 11.5 Å². The van der Waals surface area contributed by atoms with Crippen LogP contribution in [0, 0.1) is 23.7 Å². The number of halogens is 1. The highest BCUT2D eigenvalue weighted by Gasteiger charge is 2.12. The minimum atomic E-state index is 0.0860. The Morgan fingerprint density at radius 3 is 2.87 bits per heavy atom. The van der Waals surface area contributed by atoms with Crippen LogP contribution in [0.1, 0.15) is 11.3 Å². The van der Waals surface area contributed by atoms with Gasteiger partial charge in [0.05, 0.1) is 23.4 Å². The molecule has 1 aromatic carbocycles. The van der Waals surface area contributed by atoms with Gasteiger partial charge in [-0.25, -0.2) is 0 Å². The molecule has 2 aromatic rings. The van der Waals surface area contributed by atoms with Crippen molar-refractivity contribution in [2.45, 2.75) is 0 Å². The smallest absolute Gasteiger partial charge is 0.181 e. The molecular weight excluding hydrogens is 312 g/mol. The number of hydrogen-bond donors (Lipinski definition) is 0. The highest BCUT2D eigenvalue weighted by molar-refractivity contribution is 6.32. The van der Waals surface area contributed by atoms with Gasteiger partial charge in [0.15, 0.2) is 11.5 Å². The Morgan fingerprint density at radius 2 is 2.26 bits per heavy atom. The van der Waals surface area contributed by atoms with Crippen molar-refractivity contribution in [1.82, 2.24) is 4.98 Å². The number of nitrogens with zero attached hydrogens (tertiary/aromatic N) is 2. The maximum atomic E-state index is 9.34. The fourth-order valence-electron chi connectivity index (χ4n) is 1.93. The zero-order valence-electron chi connectivity index (χ0n) is 12.4. The molecule has 0 N–H and O–H groups in total. The molecule has 0 saturated heterocycles. The van der Waals surface area contributed by atoms with E-state index in [0.717, 1.165) is 0 Å². The largest absolute Gasteiger partial charge is 0.493 e. The lowest BCUT2D eigenvalue weighted by Gasteiger charge is -2.11. The zero-order chi connectivity index (χ0) is 16.7. The number of aromatic nitrogens is 1. The standard InChI is InChI=1S/C18H13ClN2O2/c1-3-8-23-18-15(19)10-13(11-17(18)22-2)9-14(12-20)16-6-4-5-7-21-16/h1,4-7,9-11H,8H2,2H3/b14-9+. The summed E-state index contributed by atoms with van der Waals surface area (Å²) in [6.07, 6.45) is 8.50. The predicted octanol–water partition coefficient (Wildman–Crippen LogP) is 3.82. The van der Waals surface area contributed by atoms with Gasteiger partial charge in [0, 0.05) is 6.20 Å². The van der Waals surface area contributed by atoms with Gasteiger partial charge < -0.3 is 9.47 Å². The molecule has 2 rings (SSSR count). The van der Waals surface area contributed by atoms with Crippen molar-refractivity contribution in [3.05, 3.63) is 52.8 Å². The molecule has 0 atom stereocenters. The van der Waals surface area contributed by atoms with Crippen LogP contribution in [0.4, 0.5) is 0 Å². The molecule has 1 aromatic heterocycles. The Morgan fingerprint density at radius 1 is 1.43 bits per heavy atom. The molecule has 0 amide bonds. The van der Waals surface area contributed by atoms with Crippen LogP contribution >= 0.6 is 11.6 Å². The summed E-state index contributed by atoms with van der Waals surface area (Å²) in [4.78, 5) is 4.17. The van der Waals surface area contributed by atoms with Crippen molar-refractivity contribution in [2.24, 2.45) is 0 Å². The van der Waals surface area contributed by atoms with E-state index >= 15 is 0 Å². The Bertz CT molecular complexity index is 802. The number of hydrogen-bond acceptors (Lipinski definition) is 4. The van der Waals surface area contributed by atoms with E-state index in [1.54, 1.807) is 36.5 Å². The monoisotopic (exact) mass is 324 g/mol.